The van der Waals surface area contributed by atoms with Gasteiger partial charge in [-0.2, -0.15) is 5.10 Å². The number of fused-ring (bicyclic) bond motifs is 1. The van der Waals surface area contributed by atoms with Crippen LogP contribution in [0.3, 0.4) is 0 Å². The van der Waals surface area contributed by atoms with Crippen molar-refractivity contribution in [1.29, 1.82) is 0 Å². The van der Waals surface area contributed by atoms with Gasteiger partial charge in [-0.05, 0) is 30.5 Å². The van der Waals surface area contributed by atoms with Crippen molar-refractivity contribution in [2.75, 3.05) is 14.2 Å². The summed E-state index contributed by atoms with van der Waals surface area (Å²) < 4.78 is 20.4. The number of halogens is 1. The number of aromatic nitrogens is 3. The number of guanidine groups is 1. The maximum atomic E-state index is 13.4. The number of hydrogen-bond acceptors (Lipinski definition) is 4. The molecule has 0 fully saturated rings. The molecule has 26 heavy (non-hydrogen) atoms. The number of nitrogens with zero attached hydrogens (tertiary/aromatic N) is 4. The van der Waals surface area contributed by atoms with E-state index >= 15 is 0 Å². The van der Waals surface area contributed by atoms with Gasteiger partial charge in [-0.1, -0.05) is 12.1 Å². The zero-order valence-electron chi connectivity index (χ0n) is 15.4. The molecule has 1 unspecified atom stereocenters. The Hall–Kier alpha value is -2.48. The Morgan fingerprint density at radius 3 is 3.04 bits per heavy atom. The molecular formula is C18H25FN6O. The number of aryl methyl sites for hydroxylation is 2. The number of rotatable bonds is 5. The molecule has 1 aromatic carbocycles. The van der Waals surface area contributed by atoms with Crippen molar-refractivity contribution in [3.8, 4) is 0 Å². The lowest BCUT2D eigenvalue weighted by Gasteiger charge is -2.25. The highest BCUT2D eigenvalue weighted by atomic mass is 19.1. The zero-order valence-corrected chi connectivity index (χ0v) is 15.4. The molecule has 0 amide bonds. The van der Waals surface area contributed by atoms with E-state index in [1.165, 1.54) is 6.07 Å². The van der Waals surface area contributed by atoms with Gasteiger partial charge in [0.25, 0.3) is 0 Å². The fourth-order valence-electron chi connectivity index (χ4n) is 3.06. The number of ether oxygens (including phenoxy) is 1. The van der Waals surface area contributed by atoms with Gasteiger partial charge >= 0.3 is 0 Å². The van der Waals surface area contributed by atoms with Crippen LogP contribution in [0.4, 0.5) is 4.39 Å². The molecule has 1 aliphatic heterocycles. The van der Waals surface area contributed by atoms with E-state index in [1.54, 1.807) is 27.1 Å². The van der Waals surface area contributed by atoms with E-state index < -0.39 is 0 Å². The summed E-state index contributed by atoms with van der Waals surface area (Å²) in [5.74, 6) is 2.25. The maximum Gasteiger partial charge on any atom is 0.191 e. The molecule has 0 bridgehead atoms. The number of hydrogen-bond donors (Lipinski definition) is 2. The highest BCUT2D eigenvalue weighted by molar-refractivity contribution is 5.79. The van der Waals surface area contributed by atoms with E-state index in [-0.39, 0.29) is 11.9 Å². The van der Waals surface area contributed by atoms with Crippen LogP contribution in [0.15, 0.2) is 23.2 Å². The van der Waals surface area contributed by atoms with E-state index in [0.717, 1.165) is 42.6 Å². The van der Waals surface area contributed by atoms with Gasteiger partial charge in [0.05, 0.1) is 6.54 Å². The molecule has 2 aromatic rings. The van der Waals surface area contributed by atoms with Gasteiger partial charge in [0.15, 0.2) is 11.8 Å². The summed E-state index contributed by atoms with van der Waals surface area (Å²) in [5, 5.41) is 11.2. The summed E-state index contributed by atoms with van der Waals surface area (Å²) >= 11 is 0. The molecule has 0 saturated carbocycles. The van der Waals surface area contributed by atoms with Crippen molar-refractivity contribution >= 4 is 5.96 Å². The largest absolute Gasteiger partial charge is 0.377 e. The minimum atomic E-state index is -0.185. The van der Waals surface area contributed by atoms with Crippen LogP contribution >= 0.6 is 0 Å². The molecule has 2 N–H and O–H groups in total. The first-order valence-corrected chi connectivity index (χ1v) is 8.72. The zero-order chi connectivity index (χ0) is 18.5. The minimum Gasteiger partial charge on any atom is -0.377 e. The molecule has 0 spiro atoms. The lowest BCUT2D eigenvalue weighted by atomic mass is 10.1. The van der Waals surface area contributed by atoms with Gasteiger partial charge in [-0.25, -0.2) is 14.1 Å². The molecule has 3 rings (SSSR count). The average molecular weight is 360 g/mol. The van der Waals surface area contributed by atoms with Gasteiger partial charge in [-0.3, -0.25) is 4.99 Å². The summed E-state index contributed by atoms with van der Waals surface area (Å²) in [5.41, 5.74) is 1.66. The maximum absolute atomic E-state index is 13.4. The van der Waals surface area contributed by atoms with Crippen molar-refractivity contribution in [3.63, 3.8) is 0 Å². The molecular weight excluding hydrogens is 335 g/mol. The second kappa shape index (κ2) is 8.27. The van der Waals surface area contributed by atoms with E-state index in [9.17, 15) is 4.39 Å². The van der Waals surface area contributed by atoms with Crippen LogP contribution < -0.4 is 10.6 Å². The fraction of sp³-hybridized carbons (Fsp3) is 0.500. The summed E-state index contributed by atoms with van der Waals surface area (Å²) in [6.07, 6.45) is 1.82. The first-order chi connectivity index (χ1) is 12.6. The molecule has 1 aromatic heterocycles. The van der Waals surface area contributed by atoms with Gasteiger partial charge in [-0.15, -0.1) is 0 Å². The molecule has 0 saturated heterocycles. The number of methoxy groups -OCH3 is 1. The molecule has 8 heteroatoms. The van der Waals surface area contributed by atoms with E-state index in [0.29, 0.717) is 18.7 Å². The van der Waals surface area contributed by atoms with Crippen LogP contribution in [0.25, 0.3) is 0 Å². The van der Waals surface area contributed by atoms with Crippen molar-refractivity contribution in [3.05, 3.63) is 46.8 Å². The van der Waals surface area contributed by atoms with E-state index in [2.05, 4.69) is 25.7 Å². The highest BCUT2D eigenvalue weighted by Gasteiger charge is 2.22. The predicted molar refractivity (Wildman–Crippen MR) is 97.3 cm³/mol. The minimum absolute atomic E-state index is 0.185. The quantitative estimate of drug-likeness (QED) is 0.625. The van der Waals surface area contributed by atoms with Crippen LogP contribution in [0, 0.1) is 12.7 Å². The third-order valence-electron chi connectivity index (χ3n) is 4.42. The molecule has 1 aliphatic rings. The first-order valence-electron chi connectivity index (χ1n) is 8.72. The van der Waals surface area contributed by atoms with Crippen LogP contribution in [0.2, 0.25) is 0 Å². The number of nitrogens with one attached hydrogen (secondary N) is 2. The van der Waals surface area contributed by atoms with Crippen molar-refractivity contribution in [2.45, 2.75) is 45.5 Å². The van der Waals surface area contributed by atoms with Gasteiger partial charge in [0.2, 0.25) is 0 Å². The number of aliphatic imine (C=N–C) groups is 1. The third-order valence-corrected chi connectivity index (χ3v) is 4.42. The number of benzene rings is 1. The molecule has 0 radical (unpaired) electrons. The Labute approximate surface area is 152 Å². The van der Waals surface area contributed by atoms with Crippen LogP contribution in [0.5, 0.6) is 0 Å². The second-order valence-electron chi connectivity index (χ2n) is 6.45. The summed E-state index contributed by atoms with van der Waals surface area (Å²) in [6, 6.07) is 5.34. The van der Waals surface area contributed by atoms with Gasteiger partial charge in [0, 0.05) is 33.2 Å². The lowest BCUT2D eigenvalue weighted by Crippen LogP contribution is -2.46. The van der Waals surface area contributed by atoms with Crippen LogP contribution in [-0.4, -0.2) is 40.9 Å². The Kier molecular flexibility index (Phi) is 5.82. The first kappa shape index (κ1) is 18.3. The molecule has 0 aliphatic carbocycles. The summed E-state index contributed by atoms with van der Waals surface area (Å²) in [6.45, 7) is 3.52. The predicted octanol–water partition coefficient (Wildman–Crippen LogP) is 1.55. The normalized spacial score (nSPS) is 17.1. The van der Waals surface area contributed by atoms with E-state index in [1.807, 2.05) is 10.7 Å². The van der Waals surface area contributed by atoms with Crippen molar-refractivity contribution in [1.82, 2.24) is 25.4 Å². The Bertz CT molecular complexity index is 788. The SMILES string of the molecule is CN=C(NCc1ccc(F)c(C)c1)NC1CCc2nc(COC)nn2C1. The molecule has 2 heterocycles. The summed E-state index contributed by atoms with van der Waals surface area (Å²) in [7, 11) is 3.38. The highest BCUT2D eigenvalue weighted by Crippen LogP contribution is 2.13. The third kappa shape index (κ3) is 4.37. The molecule has 1 atom stereocenters. The average Bonchev–Trinajstić information content (AvgIpc) is 3.03. The fourth-order valence-corrected chi connectivity index (χ4v) is 3.06. The van der Waals surface area contributed by atoms with Gasteiger partial charge in [0.1, 0.15) is 18.2 Å². The topological polar surface area (TPSA) is 76.4 Å². The Balaban J connectivity index is 1.55. The Morgan fingerprint density at radius 1 is 1.46 bits per heavy atom. The van der Waals surface area contributed by atoms with Gasteiger partial charge < -0.3 is 15.4 Å². The summed E-state index contributed by atoms with van der Waals surface area (Å²) in [4.78, 5) is 8.77. The van der Waals surface area contributed by atoms with Crippen LogP contribution in [0.1, 0.15) is 29.2 Å². The lowest BCUT2D eigenvalue weighted by molar-refractivity contribution is 0.177. The second-order valence-corrected chi connectivity index (χ2v) is 6.45. The Morgan fingerprint density at radius 2 is 2.31 bits per heavy atom. The molecule has 7 nitrogen and oxygen atoms in total. The monoisotopic (exact) mass is 360 g/mol. The van der Waals surface area contributed by atoms with Crippen molar-refractivity contribution in [2.24, 2.45) is 4.99 Å². The standard InChI is InChI=1S/C18H25FN6O/c1-12-8-13(4-6-15(12)19)9-21-18(20-2)22-14-5-7-17-23-16(11-26-3)24-25(17)10-14/h4,6,8,14H,5,7,9-11H2,1-3H3,(H2,20,21,22). The van der Waals surface area contributed by atoms with Crippen molar-refractivity contribution < 1.29 is 9.13 Å². The smallest absolute Gasteiger partial charge is 0.191 e. The molecule has 140 valence electrons. The van der Waals surface area contributed by atoms with E-state index in [4.69, 9.17) is 4.74 Å². The van der Waals surface area contributed by atoms with Crippen LogP contribution in [-0.2, 0) is 30.9 Å².